The van der Waals surface area contributed by atoms with Gasteiger partial charge < -0.3 is 5.73 Å². The number of rotatable bonds is 7. The van der Waals surface area contributed by atoms with Gasteiger partial charge in [-0.3, -0.25) is 5.10 Å². The molecule has 0 saturated carbocycles. The molecule has 0 saturated heterocycles. The summed E-state index contributed by atoms with van der Waals surface area (Å²) in [6, 6.07) is 0. The molecule has 1 aromatic heterocycles. The molecule has 0 aromatic carbocycles. The molecule has 1 aromatic rings. The van der Waals surface area contributed by atoms with Gasteiger partial charge in [-0.2, -0.15) is 9.40 Å². The average molecular weight is 274 g/mol. The minimum atomic E-state index is -3.53. The maximum atomic E-state index is 12.3. The van der Waals surface area contributed by atoms with Gasteiger partial charge in [0.15, 0.2) is 5.03 Å². The first-order chi connectivity index (χ1) is 8.45. The standard InChI is InChI=1S/C11H22N4O2S/c1-4-5-6-7-15(3)18(16,17)11-10(8-12)9(2)13-14-11/h4-8,12H2,1-3H3,(H,13,14). The predicted molar refractivity (Wildman–Crippen MR) is 70.6 cm³/mol. The number of hydrogen-bond donors (Lipinski definition) is 2. The number of sulfonamides is 1. The molecule has 3 N–H and O–H groups in total. The van der Waals surface area contributed by atoms with Crippen molar-refractivity contribution in [3.8, 4) is 0 Å². The van der Waals surface area contributed by atoms with Gasteiger partial charge in [-0.05, 0) is 13.3 Å². The third kappa shape index (κ3) is 3.09. The van der Waals surface area contributed by atoms with Crippen molar-refractivity contribution in [3.63, 3.8) is 0 Å². The molecule has 7 heteroatoms. The van der Waals surface area contributed by atoms with Crippen LogP contribution in [0, 0.1) is 6.92 Å². The fourth-order valence-electron chi connectivity index (χ4n) is 1.74. The number of aryl methyl sites for hydroxylation is 1. The first kappa shape index (κ1) is 15.1. The molecule has 0 spiro atoms. The summed E-state index contributed by atoms with van der Waals surface area (Å²) in [4.78, 5) is 0. The highest BCUT2D eigenvalue weighted by Crippen LogP contribution is 2.19. The summed E-state index contributed by atoms with van der Waals surface area (Å²) >= 11 is 0. The molecule has 18 heavy (non-hydrogen) atoms. The fraction of sp³-hybridized carbons (Fsp3) is 0.727. The van der Waals surface area contributed by atoms with E-state index in [9.17, 15) is 8.42 Å². The topological polar surface area (TPSA) is 92.1 Å². The quantitative estimate of drug-likeness (QED) is 0.725. The molecule has 6 nitrogen and oxygen atoms in total. The number of aromatic amines is 1. The van der Waals surface area contributed by atoms with E-state index in [0.29, 0.717) is 17.8 Å². The summed E-state index contributed by atoms with van der Waals surface area (Å²) in [6.07, 6.45) is 2.93. The van der Waals surface area contributed by atoms with E-state index in [1.807, 2.05) is 0 Å². The highest BCUT2D eigenvalue weighted by Gasteiger charge is 2.27. The number of nitrogens with two attached hydrogens (primary N) is 1. The van der Waals surface area contributed by atoms with Crippen molar-refractivity contribution >= 4 is 10.0 Å². The number of nitrogens with one attached hydrogen (secondary N) is 1. The van der Waals surface area contributed by atoms with Crippen molar-refractivity contribution in [2.45, 2.75) is 44.7 Å². The Morgan fingerprint density at radius 3 is 2.61 bits per heavy atom. The minimum absolute atomic E-state index is 0.0569. The van der Waals surface area contributed by atoms with Crippen LogP contribution in [-0.2, 0) is 16.6 Å². The largest absolute Gasteiger partial charge is 0.326 e. The normalized spacial score (nSPS) is 12.3. The highest BCUT2D eigenvalue weighted by atomic mass is 32.2. The lowest BCUT2D eigenvalue weighted by Gasteiger charge is -2.16. The van der Waals surface area contributed by atoms with Crippen LogP contribution in [0.15, 0.2) is 5.03 Å². The van der Waals surface area contributed by atoms with Crippen LogP contribution in [0.25, 0.3) is 0 Å². The van der Waals surface area contributed by atoms with E-state index in [0.717, 1.165) is 19.3 Å². The summed E-state index contributed by atoms with van der Waals surface area (Å²) in [5, 5.41) is 6.61. The van der Waals surface area contributed by atoms with Gasteiger partial charge in [0.1, 0.15) is 0 Å². The van der Waals surface area contributed by atoms with E-state index >= 15 is 0 Å². The summed E-state index contributed by atoms with van der Waals surface area (Å²) in [5.74, 6) is 0. The van der Waals surface area contributed by atoms with Crippen molar-refractivity contribution in [3.05, 3.63) is 11.3 Å². The lowest BCUT2D eigenvalue weighted by atomic mass is 10.2. The first-order valence-electron chi connectivity index (χ1n) is 6.15. The molecule has 1 rings (SSSR count). The molecular formula is C11H22N4O2S. The minimum Gasteiger partial charge on any atom is -0.326 e. The third-order valence-corrected chi connectivity index (χ3v) is 4.80. The number of unbranched alkanes of at least 4 members (excludes halogenated alkanes) is 2. The molecule has 0 amide bonds. The molecular weight excluding hydrogens is 252 g/mol. The first-order valence-corrected chi connectivity index (χ1v) is 7.59. The summed E-state index contributed by atoms with van der Waals surface area (Å²) in [5.41, 5.74) is 6.84. The van der Waals surface area contributed by atoms with Crippen molar-refractivity contribution in [1.29, 1.82) is 0 Å². The Balaban J connectivity index is 2.91. The van der Waals surface area contributed by atoms with Crippen molar-refractivity contribution in [2.24, 2.45) is 5.73 Å². The third-order valence-electron chi connectivity index (χ3n) is 2.97. The van der Waals surface area contributed by atoms with Crippen LogP contribution in [0.2, 0.25) is 0 Å². The summed E-state index contributed by atoms with van der Waals surface area (Å²) in [6.45, 7) is 4.52. The van der Waals surface area contributed by atoms with Crippen LogP contribution < -0.4 is 5.73 Å². The summed E-state index contributed by atoms with van der Waals surface area (Å²) < 4.78 is 26.0. The zero-order valence-electron chi connectivity index (χ0n) is 11.2. The summed E-state index contributed by atoms with van der Waals surface area (Å²) in [7, 11) is -1.95. The highest BCUT2D eigenvalue weighted by molar-refractivity contribution is 7.89. The van der Waals surface area contributed by atoms with Crippen LogP contribution in [0.3, 0.4) is 0 Å². The van der Waals surface area contributed by atoms with Crippen LogP contribution in [0.5, 0.6) is 0 Å². The van der Waals surface area contributed by atoms with Crippen LogP contribution in [-0.4, -0.2) is 36.5 Å². The van der Waals surface area contributed by atoms with Gasteiger partial charge in [0.2, 0.25) is 0 Å². The van der Waals surface area contributed by atoms with E-state index in [1.165, 1.54) is 4.31 Å². The maximum Gasteiger partial charge on any atom is 0.262 e. The second-order valence-corrected chi connectivity index (χ2v) is 6.33. The molecule has 1 heterocycles. The van der Waals surface area contributed by atoms with Gasteiger partial charge in [-0.15, -0.1) is 0 Å². The lowest BCUT2D eigenvalue weighted by molar-refractivity contribution is 0.451. The number of hydrogen-bond acceptors (Lipinski definition) is 4. The Hall–Kier alpha value is -0.920. The molecule has 0 bridgehead atoms. The molecule has 0 aliphatic heterocycles. The monoisotopic (exact) mass is 274 g/mol. The smallest absolute Gasteiger partial charge is 0.262 e. The fourth-order valence-corrected chi connectivity index (χ4v) is 3.11. The van der Waals surface area contributed by atoms with Gasteiger partial charge in [-0.25, -0.2) is 8.42 Å². The van der Waals surface area contributed by atoms with Gasteiger partial charge >= 0.3 is 0 Å². The Bertz CT molecular complexity index is 481. The molecule has 0 aliphatic carbocycles. The maximum absolute atomic E-state index is 12.3. The molecule has 0 aliphatic rings. The second-order valence-electron chi connectivity index (χ2n) is 4.37. The molecule has 0 atom stereocenters. The van der Waals surface area contributed by atoms with Crippen LogP contribution >= 0.6 is 0 Å². The van der Waals surface area contributed by atoms with Gasteiger partial charge in [0, 0.05) is 31.4 Å². The van der Waals surface area contributed by atoms with Crippen molar-refractivity contribution < 1.29 is 8.42 Å². The van der Waals surface area contributed by atoms with Crippen molar-refractivity contribution in [1.82, 2.24) is 14.5 Å². The molecule has 0 fully saturated rings. The average Bonchev–Trinajstić information content (AvgIpc) is 2.71. The predicted octanol–water partition coefficient (Wildman–Crippen LogP) is 0.988. The zero-order chi connectivity index (χ0) is 13.8. The van der Waals surface area contributed by atoms with E-state index in [1.54, 1.807) is 14.0 Å². The zero-order valence-corrected chi connectivity index (χ0v) is 12.0. The number of aromatic nitrogens is 2. The number of H-pyrrole nitrogens is 1. The van der Waals surface area contributed by atoms with E-state index in [2.05, 4.69) is 17.1 Å². The Morgan fingerprint density at radius 2 is 2.06 bits per heavy atom. The van der Waals surface area contributed by atoms with Gasteiger partial charge in [-0.1, -0.05) is 19.8 Å². The lowest BCUT2D eigenvalue weighted by Crippen LogP contribution is -2.29. The van der Waals surface area contributed by atoms with Crippen LogP contribution in [0.1, 0.15) is 37.4 Å². The van der Waals surface area contributed by atoms with Gasteiger partial charge in [0.05, 0.1) is 0 Å². The van der Waals surface area contributed by atoms with E-state index in [4.69, 9.17) is 5.73 Å². The Kier molecular flexibility index (Phi) is 5.30. The van der Waals surface area contributed by atoms with Crippen molar-refractivity contribution in [2.75, 3.05) is 13.6 Å². The van der Waals surface area contributed by atoms with Gasteiger partial charge in [0.25, 0.3) is 10.0 Å². The Labute approximate surface area is 109 Å². The second kappa shape index (κ2) is 6.31. The van der Waals surface area contributed by atoms with E-state index in [-0.39, 0.29) is 11.6 Å². The Morgan fingerprint density at radius 1 is 1.39 bits per heavy atom. The van der Waals surface area contributed by atoms with Crippen LogP contribution in [0.4, 0.5) is 0 Å². The molecule has 0 unspecified atom stereocenters. The van der Waals surface area contributed by atoms with E-state index < -0.39 is 10.0 Å². The number of nitrogens with zero attached hydrogens (tertiary/aromatic N) is 2. The SMILES string of the molecule is CCCCCN(C)S(=O)(=O)c1n[nH]c(C)c1CN. The molecule has 104 valence electrons. The molecule has 0 radical (unpaired) electrons.